The summed E-state index contributed by atoms with van der Waals surface area (Å²) in [5.41, 5.74) is 0. The van der Waals surface area contributed by atoms with Gasteiger partial charge in [-0.15, -0.1) is 0 Å². The van der Waals surface area contributed by atoms with E-state index in [1.807, 2.05) is 0 Å². The van der Waals surface area contributed by atoms with Gasteiger partial charge in [0, 0.05) is 38.8 Å². The van der Waals surface area contributed by atoms with Crippen LogP contribution < -0.4 is 0 Å². The number of halogens is 1. The third-order valence-corrected chi connectivity index (χ3v) is 2.92. The molecule has 2 fully saturated rings. The summed E-state index contributed by atoms with van der Waals surface area (Å²) in [4.78, 5) is 4.65. The van der Waals surface area contributed by atoms with E-state index in [1.165, 1.54) is 0 Å². The van der Waals surface area contributed by atoms with Crippen LogP contribution in [0.4, 0.5) is 4.39 Å². The zero-order valence-electron chi connectivity index (χ0n) is 7.91. The molecule has 0 spiro atoms. The van der Waals surface area contributed by atoms with Crippen LogP contribution in [0.2, 0.25) is 0 Å². The summed E-state index contributed by atoms with van der Waals surface area (Å²) in [6.45, 7) is 6.16. The van der Waals surface area contributed by atoms with E-state index >= 15 is 0 Å². The third kappa shape index (κ3) is 2.18. The molecule has 0 saturated carbocycles. The highest BCUT2D eigenvalue weighted by Gasteiger charge is 2.28. The van der Waals surface area contributed by atoms with Crippen LogP contribution in [0, 0.1) is 0 Å². The summed E-state index contributed by atoms with van der Waals surface area (Å²) in [5, 5.41) is 0. The van der Waals surface area contributed by atoms with Crippen molar-refractivity contribution in [2.45, 2.75) is 6.04 Å². The number of hydrogen-bond acceptors (Lipinski definition) is 3. The van der Waals surface area contributed by atoms with Crippen LogP contribution >= 0.6 is 0 Å². The van der Waals surface area contributed by atoms with Gasteiger partial charge in [0.1, 0.15) is 6.67 Å². The SMILES string of the molecule is FCCN1CCN2CCOCC2C1. The smallest absolute Gasteiger partial charge is 0.102 e. The molecule has 13 heavy (non-hydrogen) atoms. The summed E-state index contributed by atoms with van der Waals surface area (Å²) >= 11 is 0. The molecule has 2 aliphatic heterocycles. The highest BCUT2D eigenvalue weighted by Crippen LogP contribution is 2.13. The highest BCUT2D eigenvalue weighted by molar-refractivity contribution is 4.83. The Morgan fingerprint density at radius 2 is 2.23 bits per heavy atom. The Balaban J connectivity index is 1.84. The molecule has 0 aromatic rings. The number of morpholine rings is 1. The molecule has 76 valence electrons. The van der Waals surface area contributed by atoms with E-state index in [2.05, 4.69) is 9.80 Å². The van der Waals surface area contributed by atoms with Gasteiger partial charge < -0.3 is 4.74 Å². The fraction of sp³-hybridized carbons (Fsp3) is 1.00. The van der Waals surface area contributed by atoms with Crippen LogP contribution in [-0.2, 0) is 4.74 Å². The molecule has 0 aromatic carbocycles. The van der Waals surface area contributed by atoms with Gasteiger partial charge >= 0.3 is 0 Å². The van der Waals surface area contributed by atoms with Crippen LogP contribution in [0.25, 0.3) is 0 Å². The lowest BCUT2D eigenvalue weighted by Gasteiger charge is -2.43. The first kappa shape index (κ1) is 9.37. The van der Waals surface area contributed by atoms with E-state index in [0.717, 1.165) is 39.4 Å². The second kappa shape index (κ2) is 4.35. The number of fused-ring (bicyclic) bond motifs is 1. The van der Waals surface area contributed by atoms with Gasteiger partial charge in [0.15, 0.2) is 0 Å². The lowest BCUT2D eigenvalue weighted by atomic mass is 10.1. The molecule has 2 saturated heterocycles. The summed E-state index contributed by atoms with van der Waals surface area (Å²) in [6, 6.07) is 0.508. The van der Waals surface area contributed by atoms with Crippen molar-refractivity contribution in [2.24, 2.45) is 0 Å². The van der Waals surface area contributed by atoms with E-state index in [4.69, 9.17) is 4.74 Å². The molecule has 0 aliphatic carbocycles. The standard InChI is InChI=1S/C9H17FN2O/c10-1-2-11-3-4-12-5-6-13-8-9(12)7-11/h9H,1-8H2. The Morgan fingerprint density at radius 3 is 3.08 bits per heavy atom. The molecule has 4 heteroatoms. The summed E-state index contributed by atoms with van der Waals surface area (Å²) < 4.78 is 17.5. The maximum Gasteiger partial charge on any atom is 0.102 e. The molecule has 2 rings (SSSR count). The Morgan fingerprint density at radius 1 is 1.31 bits per heavy atom. The van der Waals surface area contributed by atoms with Crippen molar-refractivity contribution >= 4 is 0 Å². The Kier molecular flexibility index (Phi) is 3.14. The highest BCUT2D eigenvalue weighted by atomic mass is 19.1. The number of alkyl halides is 1. The molecule has 0 bridgehead atoms. The van der Waals surface area contributed by atoms with Crippen LogP contribution in [0.15, 0.2) is 0 Å². The molecule has 0 radical (unpaired) electrons. The fourth-order valence-electron chi connectivity index (χ4n) is 2.13. The minimum absolute atomic E-state index is 0.229. The monoisotopic (exact) mass is 188 g/mol. The number of rotatable bonds is 2. The normalized spacial score (nSPS) is 31.6. The predicted octanol–water partition coefficient (Wildman–Crippen LogP) is -0.0277. The van der Waals surface area contributed by atoms with Gasteiger partial charge in [0.2, 0.25) is 0 Å². The minimum atomic E-state index is -0.229. The quantitative estimate of drug-likeness (QED) is 0.605. The van der Waals surface area contributed by atoms with Gasteiger partial charge in [0.05, 0.1) is 13.2 Å². The molecule has 0 amide bonds. The Labute approximate surface area is 78.4 Å². The lowest BCUT2D eigenvalue weighted by molar-refractivity contribution is -0.0451. The van der Waals surface area contributed by atoms with Gasteiger partial charge in [-0.05, 0) is 0 Å². The first-order valence-electron chi connectivity index (χ1n) is 5.00. The van der Waals surface area contributed by atoms with Gasteiger partial charge in [-0.25, -0.2) is 4.39 Å². The van der Waals surface area contributed by atoms with Crippen molar-refractivity contribution in [1.82, 2.24) is 9.80 Å². The molecule has 0 N–H and O–H groups in total. The van der Waals surface area contributed by atoms with Gasteiger partial charge in [-0.3, -0.25) is 9.80 Å². The van der Waals surface area contributed by atoms with E-state index in [9.17, 15) is 4.39 Å². The van der Waals surface area contributed by atoms with Crippen molar-refractivity contribution in [3.8, 4) is 0 Å². The average Bonchev–Trinajstić information content (AvgIpc) is 2.18. The molecular formula is C9H17FN2O. The summed E-state index contributed by atoms with van der Waals surface area (Å²) in [6.07, 6.45) is 0. The van der Waals surface area contributed by atoms with E-state index in [1.54, 1.807) is 0 Å². The first-order chi connectivity index (χ1) is 6.40. The van der Waals surface area contributed by atoms with Crippen molar-refractivity contribution in [2.75, 3.05) is 52.6 Å². The second-order valence-electron chi connectivity index (χ2n) is 3.75. The van der Waals surface area contributed by atoms with Crippen LogP contribution in [0.1, 0.15) is 0 Å². The van der Waals surface area contributed by atoms with E-state index in [-0.39, 0.29) is 6.67 Å². The van der Waals surface area contributed by atoms with Crippen LogP contribution in [0.3, 0.4) is 0 Å². The summed E-state index contributed by atoms with van der Waals surface area (Å²) in [7, 11) is 0. The van der Waals surface area contributed by atoms with Gasteiger partial charge in [0.25, 0.3) is 0 Å². The number of hydrogen-bond donors (Lipinski definition) is 0. The first-order valence-corrected chi connectivity index (χ1v) is 5.00. The fourth-order valence-corrected chi connectivity index (χ4v) is 2.13. The third-order valence-electron chi connectivity index (χ3n) is 2.92. The zero-order chi connectivity index (χ0) is 9.10. The molecule has 1 atom stereocenters. The molecule has 2 aliphatic rings. The van der Waals surface area contributed by atoms with Crippen molar-refractivity contribution in [3.63, 3.8) is 0 Å². The van der Waals surface area contributed by atoms with Crippen molar-refractivity contribution in [1.29, 1.82) is 0 Å². The molecule has 2 heterocycles. The van der Waals surface area contributed by atoms with Gasteiger partial charge in [-0.1, -0.05) is 0 Å². The van der Waals surface area contributed by atoms with Crippen molar-refractivity contribution in [3.05, 3.63) is 0 Å². The number of nitrogens with zero attached hydrogens (tertiary/aromatic N) is 2. The molecule has 0 aromatic heterocycles. The minimum Gasteiger partial charge on any atom is -0.378 e. The Hall–Kier alpha value is -0.190. The number of piperazine rings is 1. The Bertz CT molecular complexity index is 168. The molecular weight excluding hydrogens is 171 g/mol. The predicted molar refractivity (Wildman–Crippen MR) is 48.6 cm³/mol. The van der Waals surface area contributed by atoms with Crippen molar-refractivity contribution < 1.29 is 9.13 Å². The maximum atomic E-state index is 12.1. The zero-order valence-corrected chi connectivity index (χ0v) is 7.91. The molecule has 3 nitrogen and oxygen atoms in total. The van der Waals surface area contributed by atoms with Gasteiger partial charge in [-0.2, -0.15) is 0 Å². The van der Waals surface area contributed by atoms with Crippen LogP contribution in [-0.4, -0.2) is 68.5 Å². The lowest BCUT2D eigenvalue weighted by Crippen LogP contribution is -2.58. The van der Waals surface area contributed by atoms with E-state index in [0.29, 0.717) is 12.6 Å². The second-order valence-corrected chi connectivity index (χ2v) is 3.75. The average molecular weight is 188 g/mol. The molecule has 1 unspecified atom stereocenters. The topological polar surface area (TPSA) is 15.7 Å². The number of ether oxygens (including phenoxy) is 1. The van der Waals surface area contributed by atoms with E-state index < -0.39 is 0 Å². The maximum absolute atomic E-state index is 12.1. The van der Waals surface area contributed by atoms with Crippen LogP contribution in [0.5, 0.6) is 0 Å². The summed E-state index contributed by atoms with van der Waals surface area (Å²) in [5.74, 6) is 0. The largest absolute Gasteiger partial charge is 0.378 e.